The predicted octanol–water partition coefficient (Wildman–Crippen LogP) is 4.07. The smallest absolute Gasteiger partial charge is 0.0326 e. The van der Waals surface area contributed by atoms with E-state index in [4.69, 9.17) is 0 Å². The van der Waals surface area contributed by atoms with Gasteiger partial charge in [-0.25, -0.2) is 0 Å². The zero-order chi connectivity index (χ0) is 11.5. The van der Waals surface area contributed by atoms with Crippen molar-refractivity contribution >= 4 is 15.9 Å². The Morgan fingerprint density at radius 1 is 1.44 bits per heavy atom. The predicted molar refractivity (Wildman–Crippen MR) is 72.7 cm³/mol. The fourth-order valence-corrected chi connectivity index (χ4v) is 2.95. The van der Waals surface area contributed by atoms with Crippen LogP contribution in [-0.4, -0.2) is 6.54 Å². The third-order valence-corrected chi connectivity index (χ3v) is 4.07. The third kappa shape index (κ3) is 2.67. The van der Waals surface area contributed by atoms with Gasteiger partial charge in [-0.15, -0.1) is 0 Å². The second kappa shape index (κ2) is 5.33. The fourth-order valence-electron chi connectivity index (χ4n) is 2.37. The van der Waals surface area contributed by atoms with Crippen LogP contribution in [0.1, 0.15) is 43.9 Å². The summed E-state index contributed by atoms with van der Waals surface area (Å²) in [6, 6.07) is 7.13. The van der Waals surface area contributed by atoms with Gasteiger partial charge in [0.05, 0.1) is 0 Å². The molecule has 1 unspecified atom stereocenters. The maximum atomic E-state index is 3.68. The van der Waals surface area contributed by atoms with Gasteiger partial charge in [0.15, 0.2) is 0 Å². The Hall–Kier alpha value is -0.340. The van der Waals surface area contributed by atoms with E-state index in [-0.39, 0.29) is 0 Å². The van der Waals surface area contributed by atoms with E-state index in [0.29, 0.717) is 6.04 Å². The standard InChI is InChI=1S/C14H20BrN/c1-10(2)8-9-16-14-7-6-11-12(14)4-3-5-13(11)15/h3-5,10,14,16H,6-9H2,1-2H3. The van der Waals surface area contributed by atoms with Crippen LogP contribution < -0.4 is 5.32 Å². The molecule has 1 aromatic carbocycles. The van der Waals surface area contributed by atoms with Crippen LogP contribution in [0.4, 0.5) is 0 Å². The average molecular weight is 282 g/mol. The zero-order valence-corrected chi connectivity index (χ0v) is 11.7. The second-order valence-corrected chi connectivity index (χ2v) is 5.89. The lowest BCUT2D eigenvalue weighted by atomic mass is 10.1. The van der Waals surface area contributed by atoms with Crippen LogP contribution in [0.2, 0.25) is 0 Å². The monoisotopic (exact) mass is 281 g/mol. The van der Waals surface area contributed by atoms with Crippen LogP contribution in [0.15, 0.2) is 22.7 Å². The van der Waals surface area contributed by atoms with Crippen molar-refractivity contribution in [3.8, 4) is 0 Å². The number of rotatable bonds is 4. The van der Waals surface area contributed by atoms with E-state index in [9.17, 15) is 0 Å². The molecule has 1 nitrogen and oxygen atoms in total. The highest BCUT2D eigenvalue weighted by molar-refractivity contribution is 9.10. The Balaban J connectivity index is 1.98. The average Bonchev–Trinajstić information content (AvgIpc) is 2.63. The minimum absolute atomic E-state index is 0.575. The summed E-state index contributed by atoms with van der Waals surface area (Å²) in [5, 5.41) is 3.68. The van der Waals surface area contributed by atoms with Crippen LogP contribution in [-0.2, 0) is 6.42 Å². The molecule has 1 aliphatic rings. The molecule has 0 aromatic heterocycles. The molecular weight excluding hydrogens is 262 g/mol. The third-order valence-electron chi connectivity index (χ3n) is 3.33. The maximum absolute atomic E-state index is 3.68. The van der Waals surface area contributed by atoms with Gasteiger partial charge in [-0.05, 0) is 48.9 Å². The summed E-state index contributed by atoms with van der Waals surface area (Å²) >= 11 is 3.64. The molecule has 0 saturated heterocycles. The Bertz CT molecular complexity index is 360. The number of hydrogen-bond acceptors (Lipinski definition) is 1. The summed E-state index contributed by atoms with van der Waals surface area (Å²) in [7, 11) is 0. The van der Waals surface area contributed by atoms with Gasteiger partial charge < -0.3 is 5.32 Å². The number of benzene rings is 1. The quantitative estimate of drug-likeness (QED) is 0.877. The molecule has 0 amide bonds. The Kier molecular flexibility index (Phi) is 4.04. The molecule has 1 atom stereocenters. The van der Waals surface area contributed by atoms with E-state index in [1.807, 2.05) is 0 Å². The van der Waals surface area contributed by atoms with Crippen molar-refractivity contribution in [2.24, 2.45) is 5.92 Å². The van der Waals surface area contributed by atoms with Gasteiger partial charge in [0, 0.05) is 10.5 Å². The lowest BCUT2D eigenvalue weighted by Gasteiger charge is -2.15. The van der Waals surface area contributed by atoms with Crippen LogP contribution in [0.5, 0.6) is 0 Å². The van der Waals surface area contributed by atoms with Crippen molar-refractivity contribution < 1.29 is 0 Å². The molecule has 0 bridgehead atoms. The SMILES string of the molecule is CC(C)CCNC1CCc2c(Br)cccc21. The van der Waals surface area contributed by atoms with E-state index >= 15 is 0 Å². The summed E-state index contributed by atoms with van der Waals surface area (Å²) in [6.45, 7) is 5.69. The normalized spacial score (nSPS) is 19.1. The van der Waals surface area contributed by atoms with Crippen LogP contribution >= 0.6 is 15.9 Å². The van der Waals surface area contributed by atoms with Crippen molar-refractivity contribution in [3.63, 3.8) is 0 Å². The minimum Gasteiger partial charge on any atom is -0.310 e. The molecular formula is C14H20BrN. The van der Waals surface area contributed by atoms with Gasteiger partial charge in [-0.1, -0.05) is 41.9 Å². The first kappa shape index (κ1) is 12.1. The lowest BCUT2D eigenvalue weighted by Crippen LogP contribution is -2.21. The summed E-state index contributed by atoms with van der Waals surface area (Å²) < 4.78 is 1.28. The first-order valence-corrected chi connectivity index (χ1v) is 6.98. The van der Waals surface area contributed by atoms with Crippen LogP contribution in [0.25, 0.3) is 0 Å². The van der Waals surface area contributed by atoms with Gasteiger partial charge in [-0.2, -0.15) is 0 Å². The lowest BCUT2D eigenvalue weighted by molar-refractivity contribution is 0.476. The number of halogens is 1. The van der Waals surface area contributed by atoms with Gasteiger partial charge in [-0.3, -0.25) is 0 Å². The second-order valence-electron chi connectivity index (χ2n) is 5.04. The molecule has 2 rings (SSSR count). The first-order valence-electron chi connectivity index (χ1n) is 6.19. The van der Waals surface area contributed by atoms with E-state index in [1.54, 1.807) is 0 Å². The molecule has 0 saturated carbocycles. The molecule has 0 fully saturated rings. The van der Waals surface area contributed by atoms with Crippen molar-refractivity contribution in [2.45, 2.75) is 39.2 Å². The zero-order valence-electron chi connectivity index (χ0n) is 10.1. The highest BCUT2D eigenvalue weighted by Crippen LogP contribution is 2.35. The van der Waals surface area contributed by atoms with E-state index in [0.717, 1.165) is 12.5 Å². The van der Waals surface area contributed by atoms with Crippen molar-refractivity contribution in [1.29, 1.82) is 0 Å². The van der Waals surface area contributed by atoms with Gasteiger partial charge in [0.2, 0.25) is 0 Å². The van der Waals surface area contributed by atoms with Crippen LogP contribution in [0, 0.1) is 5.92 Å². The van der Waals surface area contributed by atoms with Gasteiger partial charge in [0.1, 0.15) is 0 Å². The van der Waals surface area contributed by atoms with Gasteiger partial charge in [0.25, 0.3) is 0 Å². The van der Waals surface area contributed by atoms with Crippen LogP contribution in [0.3, 0.4) is 0 Å². The summed E-state index contributed by atoms with van der Waals surface area (Å²) in [5.74, 6) is 0.788. The Morgan fingerprint density at radius 2 is 2.25 bits per heavy atom. The van der Waals surface area contributed by atoms with Crippen molar-refractivity contribution in [3.05, 3.63) is 33.8 Å². The Labute approximate surface area is 107 Å². The highest BCUT2D eigenvalue weighted by atomic mass is 79.9. The molecule has 0 spiro atoms. The summed E-state index contributed by atoms with van der Waals surface area (Å²) in [6.07, 6.45) is 3.71. The number of hydrogen-bond donors (Lipinski definition) is 1. The highest BCUT2D eigenvalue weighted by Gasteiger charge is 2.23. The molecule has 0 radical (unpaired) electrons. The molecule has 0 aliphatic heterocycles. The van der Waals surface area contributed by atoms with Gasteiger partial charge >= 0.3 is 0 Å². The number of nitrogens with one attached hydrogen (secondary N) is 1. The minimum atomic E-state index is 0.575. The molecule has 88 valence electrons. The topological polar surface area (TPSA) is 12.0 Å². The van der Waals surface area contributed by atoms with E-state index < -0.39 is 0 Å². The Morgan fingerprint density at radius 3 is 3.00 bits per heavy atom. The molecule has 1 aromatic rings. The molecule has 1 aliphatic carbocycles. The van der Waals surface area contributed by atoms with E-state index in [2.05, 4.69) is 53.3 Å². The fraction of sp³-hybridized carbons (Fsp3) is 0.571. The summed E-state index contributed by atoms with van der Waals surface area (Å²) in [5.41, 5.74) is 3.00. The number of fused-ring (bicyclic) bond motifs is 1. The first-order chi connectivity index (χ1) is 7.68. The van der Waals surface area contributed by atoms with Crippen molar-refractivity contribution in [2.75, 3.05) is 6.54 Å². The molecule has 2 heteroatoms. The molecule has 1 N–H and O–H groups in total. The largest absolute Gasteiger partial charge is 0.310 e. The summed E-state index contributed by atoms with van der Waals surface area (Å²) in [4.78, 5) is 0. The molecule has 16 heavy (non-hydrogen) atoms. The maximum Gasteiger partial charge on any atom is 0.0326 e. The molecule has 0 heterocycles. The van der Waals surface area contributed by atoms with E-state index in [1.165, 1.54) is 34.9 Å². The van der Waals surface area contributed by atoms with Crippen molar-refractivity contribution in [1.82, 2.24) is 5.32 Å².